The number of nitriles is 1. The summed E-state index contributed by atoms with van der Waals surface area (Å²) in [5, 5.41) is 17.0. The summed E-state index contributed by atoms with van der Waals surface area (Å²) in [7, 11) is 0. The average molecular weight is 317 g/mol. The SMILES string of the molecule is Cc1cc(C)c(C#N)c(NCc2ccccc2Cn2cccn2)n1. The predicted molar refractivity (Wildman–Crippen MR) is 93.5 cm³/mol. The second kappa shape index (κ2) is 6.97. The summed E-state index contributed by atoms with van der Waals surface area (Å²) in [5.41, 5.74) is 4.80. The molecule has 5 heteroatoms. The van der Waals surface area contributed by atoms with Crippen molar-refractivity contribution in [3.63, 3.8) is 0 Å². The predicted octanol–water partition coefficient (Wildman–Crippen LogP) is 3.43. The highest BCUT2D eigenvalue weighted by Gasteiger charge is 2.09. The van der Waals surface area contributed by atoms with Gasteiger partial charge in [-0.3, -0.25) is 4.68 Å². The third-order valence-corrected chi connectivity index (χ3v) is 3.91. The van der Waals surface area contributed by atoms with Crippen LogP contribution in [0.15, 0.2) is 48.8 Å². The normalized spacial score (nSPS) is 10.4. The first-order valence-corrected chi connectivity index (χ1v) is 7.84. The fourth-order valence-corrected chi connectivity index (χ4v) is 2.74. The lowest BCUT2D eigenvalue weighted by atomic mass is 10.1. The molecule has 0 atom stereocenters. The molecule has 0 amide bonds. The molecule has 0 aliphatic heterocycles. The van der Waals surface area contributed by atoms with Gasteiger partial charge in [0.1, 0.15) is 11.9 Å². The Kier molecular flexibility index (Phi) is 4.57. The Morgan fingerprint density at radius 3 is 2.67 bits per heavy atom. The lowest BCUT2D eigenvalue weighted by Crippen LogP contribution is -2.09. The molecule has 1 aromatic carbocycles. The maximum atomic E-state index is 9.37. The molecule has 2 aromatic heterocycles. The van der Waals surface area contributed by atoms with Crippen LogP contribution in [0.25, 0.3) is 0 Å². The number of aromatic nitrogens is 3. The van der Waals surface area contributed by atoms with Gasteiger partial charge in [0.25, 0.3) is 0 Å². The minimum absolute atomic E-state index is 0.602. The summed E-state index contributed by atoms with van der Waals surface area (Å²) in [6.07, 6.45) is 3.73. The molecule has 120 valence electrons. The van der Waals surface area contributed by atoms with E-state index >= 15 is 0 Å². The maximum absolute atomic E-state index is 9.37. The van der Waals surface area contributed by atoms with Crippen LogP contribution in [-0.4, -0.2) is 14.8 Å². The molecule has 0 bridgehead atoms. The van der Waals surface area contributed by atoms with Crippen LogP contribution in [0.2, 0.25) is 0 Å². The van der Waals surface area contributed by atoms with Crippen molar-refractivity contribution in [1.29, 1.82) is 5.26 Å². The minimum atomic E-state index is 0.602. The number of nitrogens with zero attached hydrogens (tertiary/aromatic N) is 4. The molecule has 2 heterocycles. The van der Waals surface area contributed by atoms with E-state index in [-0.39, 0.29) is 0 Å². The van der Waals surface area contributed by atoms with Crippen molar-refractivity contribution in [3.8, 4) is 6.07 Å². The van der Waals surface area contributed by atoms with E-state index in [1.807, 2.05) is 49.0 Å². The number of aryl methyl sites for hydroxylation is 2. The zero-order chi connectivity index (χ0) is 16.9. The Labute approximate surface area is 141 Å². The number of rotatable bonds is 5. The van der Waals surface area contributed by atoms with Crippen molar-refractivity contribution in [1.82, 2.24) is 14.8 Å². The Hall–Kier alpha value is -3.13. The second-order valence-corrected chi connectivity index (χ2v) is 5.74. The van der Waals surface area contributed by atoms with Crippen molar-refractivity contribution in [2.24, 2.45) is 0 Å². The minimum Gasteiger partial charge on any atom is -0.365 e. The largest absolute Gasteiger partial charge is 0.365 e. The zero-order valence-corrected chi connectivity index (χ0v) is 13.8. The molecular formula is C19H19N5. The van der Waals surface area contributed by atoms with Crippen LogP contribution in [0.3, 0.4) is 0 Å². The summed E-state index contributed by atoms with van der Waals surface area (Å²) in [5.74, 6) is 0.642. The van der Waals surface area contributed by atoms with Gasteiger partial charge in [0.15, 0.2) is 0 Å². The van der Waals surface area contributed by atoms with Crippen LogP contribution in [0.5, 0.6) is 0 Å². The van der Waals surface area contributed by atoms with Crippen LogP contribution in [0, 0.1) is 25.2 Å². The van der Waals surface area contributed by atoms with Gasteiger partial charge in [-0.15, -0.1) is 0 Å². The van der Waals surface area contributed by atoms with Gasteiger partial charge in [0.05, 0.1) is 12.1 Å². The summed E-state index contributed by atoms with van der Waals surface area (Å²) in [4.78, 5) is 4.47. The first-order valence-electron chi connectivity index (χ1n) is 7.84. The first kappa shape index (κ1) is 15.8. The summed E-state index contributed by atoms with van der Waals surface area (Å²) in [6, 6.07) is 14.3. The molecular weight excluding hydrogens is 298 g/mol. The van der Waals surface area contributed by atoms with E-state index in [4.69, 9.17) is 0 Å². The fraction of sp³-hybridized carbons (Fsp3) is 0.211. The van der Waals surface area contributed by atoms with E-state index < -0.39 is 0 Å². The van der Waals surface area contributed by atoms with E-state index in [1.165, 1.54) is 5.56 Å². The van der Waals surface area contributed by atoms with Crippen molar-refractivity contribution in [2.75, 3.05) is 5.32 Å². The fourth-order valence-electron chi connectivity index (χ4n) is 2.74. The van der Waals surface area contributed by atoms with E-state index in [0.29, 0.717) is 17.9 Å². The lowest BCUT2D eigenvalue weighted by molar-refractivity contribution is 0.682. The number of hydrogen-bond acceptors (Lipinski definition) is 4. The molecule has 0 aliphatic rings. The number of anilines is 1. The van der Waals surface area contributed by atoms with Crippen molar-refractivity contribution in [3.05, 3.63) is 76.7 Å². The standard InChI is InChI=1S/C19H19N5/c1-14-10-15(2)23-19(18(14)11-20)21-12-16-6-3-4-7-17(16)13-24-9-5-8-22-24/h3-10H,12-13H2,1-2H3,(H,21,23). The van der Waals surface area contributed by atoms with Crippen LogP contribution in [-0.2, 0) is 13.1 Å². The molecule has 5 nitrogen and oxygen atoms in total. The number of hydrogen-bond donors (Lipinski definition) is 1. The van der Waals surface area contributed by atoms with E-state index in [9.17, 15) is 5.26 Å². The molecule has 3 rings (SSSR count). The average Bonchev–Trinajstić information content (AvgIpc) is 3.06. The molecule has 0 fully saturated rings. The van der Waals surface area contributed by atoms with E-state index in [1.54, 1.807) is 6.20 Å². The molecule has 0 aliphatic carbocycles. The summed E-state index contributed by atoms with van der Waals surface area (Å²) in [6.45, 7) is 5.20. The highest BCUT2D eigenvalue weighted by molar-refractivity contribution is 5.56. The van der Waals surface area contributed by atoms with Gasteiger partial charge in [0, 0.05) is 24.6 Å². The maximum Gasteiger partial charge on any atom is 0.144 e. The van der Waals surface area contributed by atoms with Gasteiger partial charge in [-0.1, -0.05) is 24.3 Å². The van der Waals surface area contributed by atoms with Gasteiger partial charge >= 0.3 is 0 Å². The third-order valence-electron chi connectivity index (χ3n) is 3.91. The molecule has 0 radical (unpaired) electrons. The molecule has 3 aromatic rings. The summed E-state index contributed by atoms with van der Waals surface area (Å²) >= 11 is 0. The monoisotopic (exact) mass is 317 g/mol. The quantitative estimate of drug-likeness (QED) is 0.783. The van der Waals surface area contributed by atoms with E-state index in [0.717, 1.165) is 23.4 Å². The van der Waals surface area contributed by atoms with Gasteiger partial charge in [-0.25, -0.2) is 4.98 Å². The van der Waals surface area contributed by atoms with Gasteiger partial charge in [0.2, 0.25) is 0 Å². The highest BCUT2D eigenvalue weighted by Crippen LogP contribution is 2.19. The number of benzene rings is 1. The second-order valence-electron chi connectivity index (χ2n) is 5.74. The smallest absolute Gasteiger partial charge is 0.144 e. The van der Waals surface area contributed by atoms with E-state index in [2.05, 4.69) is 33.6 Å². The molecule has 0 saturated heterocycles. The van der Waals surface area contributed by atoms with Crippen molar-refractivity contribution < 1.29 is 0 Å². The zero-order valence-electron chi connectivity index (χ0n) is 13.8. The van der Waals surface area contributed by atoms with Crippen LogP contribution >= 0.6 is 0 Å². The molecule has 0 unspecified atom stereocenters. The molecule has 0 saturated carbocycles. The van der Waals surface area contributed by atoms with Crippen LogP contribution < -0.4 is 5.32 Å². The van der Waals surface area contributed by atoms with Crippen LogP contribution in [0.4, 0.5) is 5.82 Å². The Balaban J connectivity index is 1.82. The number of nitrogens with one attached hydrogen (secondary N) is 1. The summed E-state index contributed by atoms with van der Waals surface area (Å²) < 4.78 is 1.90. The third kappa shape index (κ3) is 3.44. The Morgan fingerprint density at radius 1 is 1.17 bits per heavy atom. The molecule has 0 spiro atoms. The van der Waals surface area contributed by atoms with Gasteiger partial charge < -0.3 is 5.32 Å². The number of pyridine rings is 1. The Bertz CT molecular complexity index is 875. The van der Waals surface area contributed by atoms with Crippen LogP contribution in [0.1, 0.15) is 27.9 Å². The Morgan fingerprint density at radius 2 is 1.96 bits per heavy atom. The first-order chi connectivity index (χ1) is 11.7. The lowest BCUT2D eigenvalue weighted by Gasteiger charge is -2.13. The molecule has 24 heavy (non-hydrogen) atoms. The van der Waals surface area contributed by atoms with Crippen molar-refractivity contribution >= 4 is 5.82 Å². The van der Waals surface area contributed by atoms with Gasteiger partial charge in [-0.05, 0) is 42.7 Å². The van der Waals surface area contributed by atoms with Gasteiger partial charge in [-0.2, -0.15) is 10.4 Å². The molecule has 1 N–H and O–H groups in total. The topological polar surface area (TPSA) is 66.5 Å². The highest BCUT2D eigenvalue weighted by atomic mass is 15.3. The van der Waals surface area contributed by atoms with Crippen molar-refractivity contribution in [2.45, 2.75) is 26.9 Å².